The van der Waals surface area contributed by atoms with E-state index in [1.54, 1.807) is 30.8 Å². The molecule has 0 aliphatic heterocycles. The minimum Gasteiger partial charge on any atom is -0.459 e. The summed E-state index contributed by atoms with van der Waals surface area (Å²) < 4.78 is 11.0. The van der Waals surface area contributed by atoms with E-state index in [0.717, 1.165) is 21.5 Å². The van der Waals surface area contributed by atoms with Crippen LogP contribution in [0, 0.1) is 0 Å². The van der Waals surface area contributed by atoms with Gasteiger partial charge in [0.15, 0.2) is 11.6 Å². The highest BCUT2D eigenvalue weighted by Crippen LogP contribution is 2.33. The van der Waals surface area contributed by atoms with E-state index in [0.29, 0.717) is 22.7 Å². The van der Waals surface area contributed by atoms with Gasteiger partial charge in [-0.25, -0.2) is 9.97 Å². The minimum atomic E-state index is 0.327. The molecule has 0 saturated carbocycles. The van der Waals surface area contributed by atoms with E-state index in [1.807, 2.05) is 36.4 Å². The summed E-state index contributed by atoms with van der Waals surface area (Å²) in [6.45, 7) is 0. The van der Waals surface area contributed by atoms with E-state index in [9.17, 15) is 0 Å². The first-order chi connectivity index (χ1) is 13.4. The van der Waals surface area contributed by atoms with Crippen LogP contribution in [-0.2, 0) is 0 Å². The van der Waals surface area contributed by atoms with Gasteiger partial charge < -0.3 is 8.83 Å². The molecule has 4 heterocycles. The van der Waals surface area contributed by atoms with Crippen LogP contribution in [-0.4, -0.2) is 25.1 Å². The van der Waals surface area contributed by atoms with E-state index in [-0.39, 0.29) is 0 Å². The number of pyridine rings is 1. The molecule has 0 N–H and O–H groups in total. The molecule has 0 fully saturated rings. The van der Waals surface area contributed by atoms with Gasteiger partial charge in [-0.3, -0.25) is 4.98 Å². The average Bonchev–Trinajstić information content (AvgIpc) is 3.40. The maximum Gasteiger partial charge on any atom is 0.284 e. The summed E-state index contributed by atoms with van der Waals surface area (Å²) >= 11 is 1.29. The van der Waals surface area contributed by atoms with Gasteiger partial charge in [0.25, 0.3) is 11.1 Å². The molecule has 0 saturated heterocycles. The van der Waals surface area contributed by atoms with Crippen molar-refractivity contribution >= 4 is 22.7 Å². The highest BCUT2D eigenvalue weighted by Gasteiger charge is 2.16. The Morgan fingerprint density at radius 3 is 2.70 bits per heavy atom. The summed E-state index contributed by atoms with van der Waals surface area (Å²) in [5, 5.41) is 10.1. The van der Waals surface area contributed by atoms with Crippen LogP contribution in [0.15, 0.2) is 86.3 Å². The molecule has 7 nitrogen and oxygen atoms in total. The number of para-hydroxylation sites is 1. The van der Waals surface area contributed by atoms with Gasteiger partial charge in [0.2, 0.25) is 0 Å². The van der Waals surface area contributed by atoms with Gasteiger partial charge in [0, 0.05) is 23.3 Å². The zero-order chi connectivity index (χ0) is 18.1. The van der Waals surface area contributed by atoms with Crippen LogP contribution in [0.4, 0.5) is 0 Å². The molecule has 0 aliphatic carbocycles. The van der Waals surface area contributed by atoms with Crippen molar-refractivity contribution in [1.29, 1.82) is 0 Å². The molecule has 0 spiro atoms. The molecule has 0 aliphatic rings. The number of aromatic nitrogens is 5. The van der Waals surface area contributed by atoms with Crippen LogP contribution < -0.4 is 0 Å². The van der Waals surface area contributed by atoms with Crippen LogP contribution >= 0.6 is 11.8 Å². The Labute approximate surface area is 157 Å². The molecule has 4 aromatic heterocycles. The zero-order valence-corrected chi connectivity index (χ0v) is 14.6. The van der Waals surface area contributed by atoms with E-state index in [1.165, 1.54) is 11.8 Å². The third-order valence-corrected chi connectivity index (χ3v) is 4.65. The molecular weight excluding hydrogens is 362 g/mol. The predicted octanol–water partition coefficient (Wildman–Crippen LogP) is 4.49. The second kappa shape index (κ2) is 6.65. The van der Waals surface area contributed by atoms with Crippen LogP contribution in [0.5, 0.6) is 0 Å². The fourth-order valence-electron chi connectivity index (χ4n) is 2.58. The lowest BCUT2D eigenvalue weighted by atomic mass is 10.2. The summed E-state index contributed by atoms with van der Waals surface area (Å²) in [7, 11) is 0. The van der Waals surface area contributed by atoms with Gasteiger partial charge in [0.05, 0.1) is 11.8 Å². The average molecular weight is 373 g/mol. The van der Waals surface area contributed by atoms with Crippen molar-refractivity contribution in [2.24, 2.45) is 0 Å². The van der Waals surface area contributed by atoms with Crippen molar-refractivity contribution < 1.29 is 8.83 Å². The topological polar surface area (TPSA) is 90.7 Å². The molecule has 0 bridgehead atoms. The highest BCUT2D eigenvalue weighted by atomic mass is 32.2. The maximum absolute atomic E-state index is 5.70. The van der Waals surface area contributed by atoms with Crippen LogP contribution in [0.2, 0.25) is 0 Å². The van der Waals surface area contributed by atoms with Gasteiger partial charge >= 0.3 is 0 Å². The molecule has 5 rings (SSSR count). The second-order valence-electron chi connectivity index (χ2n) is 5.56. The fraction of sp³-hybridized carbons (Fsp3) is 0. The van der Waals surface area contributed by atoms with Gasteiger partial charge in [-0.2, -0.15) is 0 Å². The normalized spacial score (nSPS) is 11.1. The van der Waals surface area contributed by atoms with E-state index < -0.39 is 0 Å². The summed E-state index contributed by atoms with van der Waals surface area (Å²) in [5.41, 5.74) is 1.67. The summed E-state index contributed by atoms with van der Waals surface area (Å²) in [4.78, 5) is 13.5. The molecule has 0 unspecified atom stereocenters. The number of rotatable bonds is 4. The van der Waals surface area contributed by atoms with Gasteiger partial charge in [-0.1, -0.05) is 18.2 Å². The number of nitrogens with zero attached hydrogens (tertiary/aromatic N) is 5. The Hall–Kier alpha value is -3.52. The van der Waals surface area contributed by atoms with Crippen molar-refractivity contribution in [3.63, 3.8) is 0 Å². The first kappa shape index (κ1) is 15.7. The zero-order valence-electron chi connectivity index (χ0n) is 13.8. The molecule has 5 aromatic rings. The lowest BCUT2D eigenvalue weighted by Crippen LogP contribution is -1.94. The summed E-state index contributed by atoms with van der Waals surface area (Å²) in [6.07, 6.45) is 5.01. The largest absolute Gasteiger partial charge is 0.459 e. The molecule has 1 aromatic carbocycles. The molecule has 8 heteroatoms. The Morgan fingerprint density at radius 2 is 1.85 bits per heavy atom. The predicted molar refractivity (Wildman–Crippen MR) is 98.9 cm³/mol. The standard InChI is InChI=1S/C19H11N5O2S/c1-2-7-14-13(6-1)18(22-16(21-14)12-5-3-9-20-11-12)27-19-24-23-17(26-19)15-8-4-10-25-15/h1-11H. The molecule has 0 radical (unpaired) electrons. The summed E-state index contributed by atoms with van der Waals surface area (Å²) in [5.74, 6) is 1.45. The van der Waals surface area contributed by atoms with Crippen molar-refractivity contribution in [1.82, 2.24) is 25.1 Å². The Balaban J connectivity index is 1.58. The minimum absolute atomic E-state index is 0.327. The van der Waals surface area contributed by atoms with Crippen molar-refractivity contribution in [2.75, 3.05) is 0 Å². The quantitative estimate of drug-likeness (QED) is 0.426. The van der Waals surface area contributed by atoms with Gasteiger partial charge in [-0.05, 0) is 42.1 Å². The monoisotopic (exact) mass is 373 g/mol. The molecular formula is C19H11N5O2S. The van der Waals surface area contributed by atoms with Crippen molar-refractivity contribution in [3.8, 4) is 23.0 Å². The van der Waals surface area contributed by atoms with E-state index in [4.69, 9.17) is 13.8 Å². The summed E-state index contributed by atoms with van der Waals surface area (Å²) in [6, 6.07) is 15.1. The molecule has 0 amide bonds. The number of furan rings is 1. The van der Waals surface area contributed by atoms with Crippen molar-refractivity contribution in [2.45, 2.75) is 10.2 Å². The Bertz CT molecular complexity index is 1210. The van der Waals surface area contributed by atoms with Crippen LogP contribution in [0.1, 0.15) is 0 Å². The SMILES string of the molecule is c1cncc(-c2nc(Sc3nnc(-c4ccco4)o3)c3ccccc3n2)c1. The second-order valence-corrected chi connectivity index (χ2v) is 6.50. The van der Waals surface area contributed by atoms with Crippen molar-refractivity contribution in [3.05, 3.63) is 67.2 Å². The number of hydrogen-bond acceptors (Lipinski definition) is 8. The number of hydrogen-bond donors (Lipinski definition) is 0. The first-order valence-corrected chi connectivity index (χ1v) is 8.91. The lowest BCUT2D eigenvalue weighted by molar-refractivity contribution is 0.447. The molecule has 0 atom stereocenters. The fourth-order valence-corrected chi connectivity index (χ4v) is 3.37. The van der Waals surface area contributed by atoms with Gasteiger partial charge in [-0.15, -0.1) is 10.2 Å². The maximum atomic E-state index is 5.70. The highest BCUT2D eigenvalue weighted by molar-refractivity contribution is 7.99. The number of fused-ring (bicyclic) bond motifs is 1. The smallest absolute Gasteiger partial charge is 0.284 e. The first-order valence-electron chi connectivity index (χ1n) is 8.09. The third-order valence-electron chi connectivity index (χ3n) is 3.81. The number of benzene rings is 1. The lowest BCUT2D eigenvalue weighted by Gasteiger charge is -2.06. The van der Waals surface area contributed by atoms with E-state index >= 15 is 0 Å². The van der Waals surface area contributed by atoms with Crippen LogP contribution in [0.3, 0.4) is 0 Å². The third kappa shape index (κ3) is 3.06. The Kier molecular flexibility index (Phi) is 3.87. The van der Waals surface area contributed by atoms with E-state index in [2.05, 4.69) is 20.2 Å². The van der Waals surface area contributed by atoms with Crippen LogP contribution in [0.25, 0.3) is 33.9 Å². The van der Waals surface area contributed by atoms with Gasteiger partial charge in [0.1, 0.15) is 5.03 Å². The molecule has 27 heavy (non-hydrogen) atoms. The Morgan fingerprint density at radius 1 is 0.889 bits per heavy atom. The molecule has 130 valence electrons.